The molecule has 0 heterocycles. The summed E-state index contributed by atoms with van der Waals surface area (Å²) in [6.07, 6.45) is -3.01. The fourth-order valence-electron chi connectivity index (χ4n) is 1.55. The molecule has 6 heteroatoms. The summed E-state index contributed by atoms with van der Waals surface area (Å²) in [5, 5.41) is 29.1. The second-order valence-electron chi connectivity index (χ2n) is 3.69. The molecule has 1 rings (SSSR count). The minimum atomic E-state index is -1.55. The number of esters is 1. The first-order chi connectivity index (χ1) is 8.51. The van der Waals surface area contributed by atoms with Gasteiger partial charge in [0, 0.05) is 11.1 Å². The molecule has 0 radical (unpaired) electrons. The minimum Gasteiger partial charge on any atom is -0.508 e. The van der Waals surface area contributed by atoms with Gasteiger partial charge in [-0.05, 0) is 6.07 Å². The number of carbonyl (C=O) groups excluding carboxylic acids is 2. The average Bonchev–Trinajstić information content (AvgIpc) is 2.37. The Morgan fingerprint density at radius 2 is 2.11 bits per heavy atom. The molecule has 18 heavy (non-hydrogen) atoms. The number of phenols is 1. The van der Waals surface area contributed by atoms with Crippen molar-refractivity contribution in [1.82, 2.24) is 0 Å². The second-order valence-corrected chi connectivity index (χ2v) is 3.69. The van der Waals surface area contributed by atoms with Gasteiger partial charge in [0.2, 0.25) is 0 Å². The van der Waals surface area contributed by atoms with Crippen LogP contribution >= 0.6 is 0 Å². The third-order valence-corrected chi connectivity index (χ3v) is 2.51. The van der Waals surface area contributed by atoms with Gasteiger partial charge in [-0.3, -0.25) is 9.59 Å². The van der Waals surface area contributed by atoms with E-state index in [0.717, 1.165) is 7.11 Å². The smallest absolute Gasteiger partial charge is 0.308 e. The van der Waals surface area contributed by atoms with Gasteiger partial charge in [-0.2, -0.15) is 0 Å². The van der Waals surface area contributed by atoms with Crippen LogP contribution in [0.4, 0.5) is 0 Å². The van der Waals surface area contributed by atoms with Crippen LogP contribution in [0, 0.1) is 0 Å². The molecule has 0 amide bonds. The number of hydrogen-bond donors (Lipinski definition) is 3. The van der Waals surface area contributed by atoms with E-state index in [4.69, 9.17) is 0 Å². The predicted octanol–water partition coefficient (Wildman–Crippen LogP) is 0.162. The topological polar surface area (TPSA) is 104 Å². The van der Waals surface area contributed by atoms with Gasteiger partial charge in [0.1, 0.15) is 11.9 Å². The summed E-state index contributed by atoms with van der Waals surface area (Å²) in [5.41, 5.74) is -0.0599. The molecule has 0 aromatic heterocycles. The van der Waals surface area contributed by atoms with Crippen LogP contribution in [0.1, 0.15) is 28.4 Å². The summed E-state index contributed by atoms with van der Waals surface area (Å²) < 4.78 is 4.35. The van der Waals surface area contributed by atoms with E-state index >= 15 is 0 Å². The van der Waals surface area contributed by atoms with Crippen LogP contribution in [0.3, 0.4) is 0 Å². The van der Waals surface area contributed by atoms with E-state index in [2.05, 4.69) is 4.74 Å². The van der Waals surface area contributed by atoms with Gasteiger partial charge in [-0.1, -0.05) is 12.1 Å². The molecule has 0 aliphatic carbocycles. The molecular formula is C12H14O6. The largest absolute Gasteiger partial charge is 0.508 e. The minimum absolute atomic E-state index is 0.0476. The summed E-state index contributed by atoms with van der Waals surface area (Å²) in [6.45, 7) is 0. The Morgan fingerprint density at radius 1 is 1.44 bits per heavy atom. The van der Waals surface area contributed by atoms with Crippen LogP contribution < -0.4 is 0 Å². The van der Waals surface area contributed by atoms with E-state index in [1.165, 1.54) is 18.2 Å². The molecule has 0 bridgehead atoms. The molecule has 2 atom stereocenters. The van der Waals surface area contributed by atoms with E-state index in [0.29, 0.717) is 6.29 Å². The molecule has 6 nitrogen and oxygen atoms in total. The van der Waals surface area contributed by atoms with Crippen LogP contribution in [-0.4, -0.2) is 40.8 Å². The molecule has 1 aromatic rings. The normalized spacial score (nSPS) is 13.7. The Balaban J connectivity index is 2.99. The van der Waals surface area contributed by atoms with Crippen molar-refractivity contribution < 1.29 is 29.6 Å². The number of carbonyl (C=O) groups is 2. The van der Waals surface area contributed by atoms with Gasteiger partial charge in [0.15, 0.2) is 6.29 Å². The maximum Gasteiger partial charge on any atom is 0.308 e. The van der Waals surface area contributed by atoms with E-state index in [9.17, 15) is 24.9 Å². The number of aliphatic hydroxyl groups is 2. The zero-order valence-electron chi connectivity index (χ0n) is 9.74. The molecule has 0 fully saturated rings. The van der Waals surface area contributed by atoms with Gasteiger partial charge < -0.3 is 20.1 Å². The van der Waals surface area contributed by atoms with Crippen LogP contribution in [0.5, 0.6) is 5.75 Å². The SMILES string of the molecule is COC(=O)CC(O)C(O)c1c(O)cccc1C=O. The molecular weight excluding hydrogens is 240 g/mol. The molecule has 0 aliphatic heterocycles. The van der Waals surface area contributed by atoms with Crippen LogP contribution in [0.15, 0.2) is 18.2 Å². The predicted molar refractivity (Wildman–Crippen MR) is 61.1 cm³/mol. The number of benzene rings is 1. The second kappa shape index (κ2) is 6.13. The highest BCUT2D eigenvalue weighted by molar-refractivity contribution is 5.79. The van der Waals surface area contributed by atoms with Crippen molar-refractivity contribution >= 4 is 12.3 Å². The van der Waals surface area contributed by atoms with E-state index in [1.54, 1.807) is 0 Å². The molecule has 0 spiro atoms. The fraction of sp³-hybridized carbons (Fsp3) is 0.333. The van der Waals surface area contributed by atoms with Crippen LogP contribution in [0.25, 0.3) is 0 Å². The van der Waals surface area contributed by atoms with E-state index in [-0.39, 0.29) is 16.9 Å². The van der Waals surface area contributed by atoms with Crippen molar-refractivity contribution in [2.75, 3.05) is 7.11 Å². The quantitative estimate of drug-likeness (QED) is 0.511. The first kappa shape index (κ1) is 14.1. The van der Waals surface area contributed by atoms with Crippen molar-refractivity contribution in [2.45, 2.75) is 18.6 Å². The highest BCUT2D eigenvalue weighted by Gasteiger charge is 2.26. The number of rotatable bonds is 5. The molecule has 0 saturated carbocycles. The number of aromatic hydroxyl groups is 1. The molecule has 2 unspecified atom stereocenters. The highest BCUT2D eigenvalue weighted by Crippen LogP contribution is 2.30. The number of ether oxygens (including phenoxy) is 1. The van der Waals surface area contributed by atoms with Crippen LogP contribution in [-0.2, 0) is 9.53 Å². The number of methoxy groups -OCH3 is 1. The molecule has 3 N–H and O–H groups in total. The zero-order chi connectivity index (χ0) is 13.7. The molecule has 1 aromatic carbocycles. The monoisotopic (exact) mass is 254 g/mol. The van der Waals surface area contributed by atoms with Gasteiger partial charge in [-0.15, -0.1) is 0 Å². The Kier molecular flexibility index (Phi) is 4.82. The maximum absolute atomic E-state index is 11.0. The average molecular weight is 254 g/mol. The zero-order valence-corrected chi connectivity index (χ0v) is 9.74. The first-order valence-electron chi connectivity index (χ1n) is 5.21. The summed E-state index contributed by atoms with van der Waals surface area (Å²) in [6, 6.07) is 4.09. The Labute approximate surface area is 103 Å². The Hall–Kier alpha value is -1.92. The number of phenolic OH excluding ortho intramolecular Hbond substituents is 1. The van der Waals surface area contributed by atoms with Crippen LogP contribution in [0.2, 0.25) is 0 Å². The van der Waals surface area contributed by atoms with Gasteiger partial charge in [0.05, 0.1) is 19.6 Å². The molecule has 0 saturated heterocycles. The lowest BCUT2D eigenvalue weighted by atomic mass is 9.96. The lowest BCUT2D eigenvalue weighted by Gasteiger charge is -2.19. The van der Waals surface area contributed by atoms with Gasteiger partial charge in [-0.25, -0.2) is 0 Å². The highest BCUT2D eigenvalue weighted by atomic mass is 16.5. The third-order valence-electron chi connectivity index (χ3n) is 2.51. The number of aldehydes is 1. The van der Waals surface area contributed by atoms with Crippen molar-refractivity contribution in [3.63, 3.8) is 0 Å². The lowest BCUT2D eigenvalue weighted by molar-refractivity contribution is -0.144. The van der Waals surface area contributed by atoms with E-state index in [1.807, 2.05) is 0 Å². The maximum atomic E-state index is 11.0. The van der Waals surface area contributed by atoms with Crippen molar-refractivity contribution in [3.8, 4) is 5.75 Å². The van der Waals surface area contributed by atoms with E-state index < -0.39 is 24.6 Å². The summed E-state index contributed by atoms with van der Waals surface area (Å²) in [4.78, 5) is 21.8. The third kappa shape index (κ3) is 3.06. The summed E-state index contributed by atoms with van der Waals surface area (Å²) in [5.74, 6) is -1.03. The summed E-state index contributed by atoms with van der Waals surface area (Å²) >= 11 is 0. The first-order valence-corrected chi connectivity index (χ1v) is 5.21. The standard InChI is InChI=1S/C12H14O6/c1-18-10(16)5-9(15)12(17)11-7(6-13)3-2-4-8(11)14/h2-4,6,9,12,14-15,17H,5H2,1H3. The Morgan fingerprint density at radius 3 is 2.67 bits per heavy atom. The number of hydrogen-bond acceptors (Lipinski definition) is 6. The van der Waals surface area contributed by atoms with Gasteiger partial charge >= 0.3 is 5.97 Å². The number of aliphatic hydroxyl groups excluding tert-OH is 2. The van der Waals surface area contributed by atoms with Crippen molar-refractivity contribution in [3.05, 3.63) is 29.3 Å². The fourth-order valence-corrected chi connectivity index (χ4v) is 1.55. The van der Waals surface area contributed by atoms with Crippen molar-refractivity contribution in [1.29, 1.82) is 0 Å². The van der Waals surface area contributed by atoms with Gasteiger partial charge in [0.25, 0.3) is 0 Å². The lowest BCUT2D eigenvalue weighted by Crippen LogP contribution is -2.23. The Bertz CT molecular complexity index is 442. The summed E-state index contributed by atoms with van der Waals surface area (Å²) in [7, 11) is 1.15. The molecule has 0 aliphatic rings. The molecule has 98 valence electrons. The van der Waals surface area contributed by atoms with Crippen molar-refractivity contribution in [2.24, 2.45) is 0 Å².